The number of nitrogens with zero attached hydrogens (tertiary/aromatic N) is 3. The Morgan fingerprint density at radius 1 is 1.40 bits per heavy atom. The largest absolute Gasteiger partial charge is 0.308 e. The normalized spacial score (nSPS) is 11.1. The topological polar surface area (TPSA) is 38.1 Å². The van der Waals surface area contributed by atoms with Crippen LogP contribution in [-0.2, 0) is 6.54 Å². The van der Waals surface area contributed by atoms with Crippen LogP contribution in [0, 0.1) is 3.57 Å². The van der Waals surface area contributed by atoms with E-state index in [-0.39, 0.29) is 5.78 Å². The average Bonchev–Trinajstić information content (AvgIpc) is 2.77. The van der Waals surface area contributed by atoms with Gasteiger partial charge in [0.15, 0.2) is 0 Å². The molecule has 1 aromatic heterocycles. The molecule has 0 saturated heterocycles. The van der Waals surface area contributed by atoms with Gasteiger partial charge >= 0.3 is 0 Å². The summed E-state index contributed by atoms with van der Waals surface area (Å²) in [5.41, 5.74) is 1.11. The lowest BCUT2D eigenvalue weighted by Crippen LogP contribution is -2.22. The molecule has 0 radical (unpaired) electrons. The molecule has 0 bridgehead atoms. The molecule has 0 spiro atoms. The lowest BCUT2D eigenvalue weighted by molar-refractivity contribution is 0.102. The first kappa shape index (κ1) is 15.5. The number of halogens is 2. The van der Waals surface area contributed by atoms with Crippen molar-refractivity contribution in [1.29, 1.82) is 0 Å². The Kier molecular flexibility index (Phi) is 5.17. The first-order chi connectivity index (χ1) is 9.50. The number of ketones is 1. The number of likely N-dealkylation sites (N-methyl/N-ethyl adjacent to an activating group) is 1. The number of carbonyl (C=O) groups is 1. The van der Waals surface area contributed by atoms with E-state index in [1.165, 1.54) is 6.20 Å². The highest BCUT2D eigenvalue weighted by atomic mass is 127. The van der Waals surface area contributed by atoms with Crippen molar-refractivity contribution in [2.75, 3.05) is 20.6 Å². The zero-order valence-corrected chi connectivity index (χ0v) is 14.2. The standard InChI is InChI=1S/C14H15ClIN3O/c1-18(2)7-8-19-13(11(15)9-17-19)14(20)10-5-3-4-6-12(10)16/h3-6,9H,7-8H2,1-2H3. The van der Waals surface area contributed by atoms with Crippen LogP contribution in [0.1, 0.15) is 16.1 Å². The fourth-order valence-corrected chi connectivity index (χ4v) is 2.68. The summed E-state index contributed by atoms with van der Waals surface area (Å²) >= 11 is 8.29. The number of rotatable bonds is 5. The van der Waals surface area contributed by atoms with Crippen molar-refractivity contribution in [2.24, 2.45) is 0 Å². The Bertz CT molecular complexity index is 625. The first-order valence-corrected chi connectivity index (χ1v) is 7.61. The molecule has 1 heterocycles. The van der Waals surface area contributed by atoms with Crippen LogP contribution in [0.25, 0.3) is 0 Å². The van der Waals surface area contributed by atoms with Gasteiger partial charge in [0.2, 0.25) is 5.78 Å². The number of benzene rings is 1. The van der Waals surface area contributed by atoms with Crippen LogP contribution >= 0.6 is 34.2 Å². The molecule has 0 fully saturated rings. The third kappa shape index (κ3) is 3.39. The second kappa shape index (κ2) is 6.69. The molecule has 4 nitrogen and oxygen atoms in total. The maximum Gasteiger partial charge on any atom is 0.213 e. The molecule has 2 rings (SSSR count). The molecular weight excluding hydrogens is 389 g/mol. The first-order valence-electron chi connectivity index (χ1n) is 6.16. The van der Waals surface area contributed by atoms with Crippen molar-refractivity contribution in [3.05, 3.63) is 50.3 Å². The number of hydrogen-bond acceptors (Lipinski definition) is 3. The predicted molar refractivity (Wildman–Crippen MR) is 88.4 cm³/mol. The van der Waals surface area contributed by atoms with Crippen molar-refractivity contribution < 1.29 is 4.79 Å². The lowest BCUT2D eigenvalue weighted by atomic mass is 10.1. The van der Waals surface area contributed by atoms with Crippen molar-refractivity contribution in [2.45, 2.75) is 6.54 Å². The summed E-state index contributed by atoms with van der Waals surface area (Å²) in [6.07, 6.45) is 1.53. The lowest BCUT2D eigenvalue weighted by Gasteiger charge is -2.12. The van der Waals surface area contributed by atoms with Gasteiger partial charge in [-0.1, -0.05) is 23.7 Å². The van der Waals surface area contributed by atoms with Crippen molar-refractivity contribution in [3.63, 3.8) is 0 Å². The second-order valence-corrected chi connectivity index (χ2v) is 6.25. The average molecular weight is 404 g/mol. The maximum absolute atomic E-state index is 12.7. The third-order valence-electron chi connectivity index (χ3n) is 2.89. The van der Waals surface area contributed by atoms with Crippen LogP contribution in [-0.4, -0.2) is 41.1 Å². The predicted octanol–water partition coefficient (Wildman–Crippen LogP) is 2.93. The zero-order valence-electron chi connectivity index (χ0n) is 11.3. The molecule has 0 unspecified atom stereocenters. The summed E-state index contributed by atoms with van der Waals surface area (Å²) in [6, 6.07) is 7.47. The van der Waals surface area contributed by atoms with Crippen molar-refractivity contribution >= 4 is 40.0 Å². The Labute approximate surface area is 136 Å². The van der Waals surface area contributed by atoms with Crippen LogP contribution in [0.4, 0.5) is 0 Å². The minimum absolute atomic E-state index is 0.0868. The fourth-order valence-electron chi connectivity index (χ4n) is 1.83. The minimum atomic E-state index is -0.0868. The van der Waals surface area contributed by atoms with Gasteiger partial charge in [-0.25, -0.2) is 0 Å². The molecule has 2 aromatic rings. The third-order valence-corrected chi connectivity index (χ3v) is 4.10. The SMILES string of the molecule is CN(C)CCn1ncc(Cl)c1C(=O)c1ccccc1I. The van der Waals surface area contributed by atoms with Crippen molar-refractivity contribution in [3.8, 4) is 0 Å². The van der Waals surface area contributed by atoms with E-state index in [0.29, 0.717) is 22.8 Å². The molecule has 6 heteroatoms. The van der Waals surface area contributed by atoms with Gasteiger partial charge in [0, 0.05) is 15.7 Å². The Balaban J connectivity index is 2.35. The summed E-state index contributed by atoms with van der Waals surface area (Å²) in [5.74, 6) is -0.0868. The molecule has 0 N–H and O–H groups in total. The molecule has 0 saturated carbocycles. The van der Waals surface area contributed by atoms with Crippen LogP contribution in [0.5, 0.6) is 0 Å². The molecule has 0 aliphatic carbocycles. The van der Waals surface area contributed by atoms with Gasteiger partial charge in [-0.15, -0.1) is 0 Å². The molecule has 0 amide bonds. The highest BCUT2D eigenvalue weighted by Crippen LogP contribution is 2.22. The van der Waals surface area contributed by atoms with Gasteiger partial charge in [-0.3, -0.25) is 9.48 Å². The summed E-state index contributed by atoms with van der Waals surface area (Å²) in [6.45, 7) is 1.42. The minimum Gasteiger partial charge on any atom is -0.308 e. The van der Waals surface area contributed by atoms with E-state index in [4.69, 9.17) is 11.6 Å². The van der Waals surface area contributed by atoms with Gasteiger partial charge in [0.05, 0.1) is 17.8 Å². The molecule has 0 aliphatic rings. The Hall–Kier alpha value is -0.920. The van der Waals surface area contributed by atoms with Crippen LogP contribution in [0.3, 0.4) is 0 Å². The Morgan fingerprint density at radius 2 is 2.10 bits per heavy atom. The quantitative estimate of drug-likeness (QED) is 0.569. The summed E-state index contributed by atoms with van der Waals surface area (Å²) in [7, 11) is 3.96. The van der Waals surface area contributed by atoms with Gasteiger partial charge in [-0.2, -0.15) is 5.10 Å². The van der Waals surface area contributed by atoms with E-state index < -0.39 is 0 Å². The van der Waals surface area contributed by atoms with Gasteiger partial charge < -0.3 is 4.90 Å². The molecule has 20 heavy (non-hydrogen) atoms. The van der Waals surface area contributed by atoms with E-state index in [1.807, 2.05) is 43.3 Å². The van der Waals surface area contributed by atoms with Gasteiger partial charge in [-0.05, 0) is 48.8 Å². The number of hydrogen-bond donors (Lipinski definition) is 0. The zero-order chi connectivity index (χ0) is 14.7. The maximum atomic E-state index is 12.7. The summed E-state index contributed by atoms with van der Waals surface area (Å²) in [5, 5.41) is 4.60. The van der Waals surface area contributed by atoms with Crippen LogP contribution < -0.4 is 0 Å². The van der Waals surface area contributed by atoms with E-state index in [9.17, 15) is 4.79 Å². The van der Waals surface area contributed by atoms with Gasteiger partial charge in [0.25, 0.3) is 0 Å². The second-order valence-electron chi connectivity index (χ2n) is 4.68. The van der Waals surface area contributed by atoms with Crippen molar-refractivity contribution in [1.82, 2.24) is 14.7 Å². The van der Waals surface area contributed by atoms with E-state index in [0.717, 1.165) is 10.1 Å². The molecule has 0 aliphatic heterocycles. The van der Waals surface area contributed by atoms with Crippen LogP contribution in [0.2, 0.25) is 5.02 Å². The smallest absolute Gasteiger partial charge is 0.213 e. The van der Waals surface area contributed by atoms with E-state index in [2.05, 4.69) is 27.7 Å². The number of aromatic nitrogens is 2. The number of carbonyl (C=O) groups excluding carboxylic acids is 1. The van der Waals surface area contributed by atoms with E-state index >= 15 is 0 Å². The molecule has 106 valence electrons. The molecule has 1 aromatic carbocycles. The molecule has 0 atom stereocenters. The highest BCUT2D eigenvalue weighted by molar-refractivity contribution is 14.1. The Morgan fingerprint density at radius 3 is 2.75 bits per heavy atom. The monoisotopic (exact) mass is 403 g/mol. The van der Waals surface area contributed by atoms with E-state index in [1.54, 1.807) is 4.68 Å². The molecular formula is C14H15ClIN3O. The van der Waals surface area contributed by atoms with Crippen LogP contribution in [0.15, 0.2) is 30.5 Å². The highest BCUT2D eigenvalue weighted by Gasteiger charge is 2.20. The summed E-state index contributed by atoms with van der Waals surface area (Å²) < 4.78 is 2.58. The fraction of sp³-hybridized carbons (Fsp3) is 0.286. The summed E-state index contributed by atoms with van der Waals surface area (Å²) in [4.78, 5) is 14.7. The van der Waals surface area contributed by atoms with Gasteiger partial charge in [0.1, 0.15) is 5.69 Å².